The summed E-state index contributed by atoms with van der Waals surface area (Å²) in [6.07, 6.45) is 1.61. The van der Waals surface area contributed by atoms with Crippen LogP contribution in [-0.4, -0.2) is 74.6 Å². The van der Waals surface area contributed by atoms with E-state index in [0.29, 0.717) is 29.9 Å². The molecule has 1 fully saturated rings. The van der Waals surface area contributed by atoms with E-state index >= 15 is 0 Å². The molecule has 4 rings (SSSR count). The van der Waals surface area contributed by atoms with Crippen molar-refractivity contribution in [3.8, 4) is 0 Å². The van der Waals surface area contributed by atoms with Crippen LogP contribution in [-0.2, 0) is 17.8 Å². The third kappa shape index (κ3) is 6.84. The molecule has 0 radical (unpaired) electrons. The number of ether oxygens (including phenoxy) is 1. The van der Waals surface area contributed by atoms with Gasteiger partial charge in [-0.05, 0) is 0 Å². The predicted molar refractivity (Wildman–Crippen MR) is 135 cm³/mol. The SMILES string of the molecule is CC1CCC(Nc2bbbc(C(=O)NC[C@@H](O)CN3Cc4ccccc4C3)c2)C(C)COC1. The molecule has 6 nitrogen and oxygen atoms in total. The van der Waals surface area contributed by atoms with Crippen LogP contribution >= 0.6 is 0 Å². The molecule has 33 heavy (non-hydrogen) atoms. The monoisotopic (exact) mass is 445 g/mol. The summed E-state index contributed by atoms with van der Waals surface area (Å²) in [7, 11) is 0. The van der Waals surface area contributed by atoms with Gasteiger partial charge in [0.1, 0.15) is 0 Å². The number of aliphatic hydroxyl groups is 1. The molecule has 3 N–H and O–H groups in total. The average molecular weight is 445 g/mol. The van der Waals surface area contributed by atoms with Gasteiger partial charge in [-0.3, -0.25) is 0 Å². The zero-order chi connectivity index (χ0) is 23.2. The van der Waals surface area contributed by atoms with Crippen molar-refractivity contribution in [2.45, 2.75) is 51.9 Å². The fourth-order valence-corrected chi connectivity index (χ4v) is 4.79. The van der Waals surface area contributed by atoms with Crippen molar-refractivity contribution in [3.63, 3.8) is 0 Å². The Labute approximate surface area is 199 Å². The summed E-state index contributed by atoms with van der Waals surface area (Å²) in [4.78, 5) is 14.9. The van der Waals surface area contributed by atoms with E-state index < -0.39 is 6.10 Å². The number of hydrogen-bond acceptors (Lipinski definition) is 5. The van der Waals surface area contributed by atoms with Gasteiger partial charge in [-0.1, -0.05) is 0 Å². The molecule has 2 aliphatic rings. The van der Waals surface area contributed by atoms with Crippen LogP contribution in [0.2, 0.25) is 0 Å². The van der Waals surface area contributed by atoms with Crippen LogP contribution in [0.1, 0.15) is 48.1 Å². The van der Waals surface area contributed by atoms with Crippen molar-refractivity contribution in [1.29, 1.82) is 0 Å². The molecule has 1 aromatic carbocycles. The molecule has 0 spiro atoms. The van der Waals surface area contributed by atoms with Crippen LogP contribution in [0.3, 0.4) is 0 Å². The Kier molecular flexibility index (Phi) is 8.50. The molecular formula is C24H34B3N3O3. The second-order valence-electron chi connectivity index (χ2n) is 9.83. The van der Waals surface area contributed by atoms with Crippen molar-refractivity contribution in [2.24, 2.45) is 11.8 Å². The van der Waals surface area contributed by atoms with Gasteiger partial charge in [0.2, 0.25) is 0 Å². The van der Waals surface area contributed by atoms with Gasteiger partial charge in [-0.15, -0.1) is 0 Å². The van der Waals surface area contributed by atoms with Gasteiger partial charge in [0.25, 0.3) is 0 Å². The number of carbonyl (C=O) groups excluding carboxylic acids is 1. The number of aliphatic hydroxyl groups excluding tert-OH is 1. The molecule has 0 saturated carbocycles. The molecule has 3 unspecified atom stereocenters. The van der Waals surface area contributed by atoms with E-state index in [1.165, 1.54) is 11.1 Å². The number of nitrogens with one attached hydrogen (secondary N) is 2. The van der Waals surface area contributed by atoms with Crippen LogP contribution in [0.25, 0.3) is 0 Å². The van der Waals surface area contributed by atoms with Crippen LogP contribution < -0.4 is 10.6 Å². The molecule has 2 aromatic rings. The quantitative estimate of drug-likeness (QED) is 0.606. The third-order valence-electron chi connectivity index (χ3n) is 6.79. The standard InChI is InChI=1S/C24H34B3N3O3/c1-16-7-8-22(17(2)15-33-14-16)29-23-9-21(25-27-26-23)24(32)28-10-20(31)13-30-11-18-5-3-4-6-19(18)12-30/h3-6,9,16-17,20,22,29,31H,7-8,10-15H2,1-2H3,(H,28,32)/t16?,17?,20-,22?/m1/s1. The summed E-state index contributed by atoms with van der Waals surface area (Å²) in [6.45, 7) is 14.2. The number of β-amino-alcohol motifs (C(OH)–C–C–N with tert-alkyl or cyclic N) is 1. The number of benzene rings is 1. The van der Waals surface area contributed by atoms with Gasteiger partial charge in [-0.25, -0.2) is 0 Å². The van der Waals surface area contributed by atoms with Crippen molar-refractivity contribution >= 4 is 31.8 Å². The molecule has 172 valence electrons. The van der Waals surface area contributed by atoms with Crippen LogP contribution in [0.4, 0.5) is 5.58 Å². The fourth-order valence-electron chi connectivity index (χ4n) is 4.79. The molecule has 0 bridgehead atoms. The Morgan fingerprint density at radius 3 is 2.70 bits per heavy atom. The number of nitrogens with zero attached hydrogens (tertiary/aromatic N) is 1. The van der Waals surface area contributed by atoms with Gasteiger partial charge >= 0.3 is 199 Å². The Balaban J connectivity index is 1.27. The second kappa shape index (κ2) is 11.5. The predicted octanol–water partition coefficient (Wildman–Crippen LogP) is 1.67. The first-order valence-corrected chi connectivity index (χ1v) is 12.2. The Bertz CT molecular complexity index is 923. The molecule has 3 heterocycles. The van der Waals surface area contributed by atoms with Crippen LogP contribution in [0.5, 0.6) is 0 Å². The molecule has 9 heteroatoms. The number of rotatable bonds is 7. The van der Waals surface area contributed by atoms with Gasteiger partial charge in [-0.2, -0.15) is 0 Å². The molecule has 0 aliphatic carbocycles. The van der Waals surface area contributed by atoms with Crippen molar-refractivity contribution in [2.75, 3.05) is 31.6 Å². The number of fused-ring (bicyclic) bond motifs is 1. The third-order valence-corrected chi connectivity index (χ3v) is 6.79. The van der Waals surface area contributed by atoms with Crippen molar-refractivity contribution in [1.82, 2.24) is 10.2 Å². The summed E-state index contributed by atoms with van der Waals surface area (Å²) in [5, 5.41) is 17.0. The minimum atomic E-state index is -0.609. The fraction of sp³-hybridized carbons (Fsp3) is 0.583. The molecular weight excluding hydrogens is 411 g/mol. The van der Waals surface area contributed by atoms with Gasteiger partial charge < -0.3 is 0 Å². The van der Waals surface area contributed by atoms with Crippen LogP contribution in [0, 0.1) is 11.8 Å². The Hall–Kier alpha value is -1.83. The van der Waals surface area contributed by atoms with E-state index in [-0.39, 0.29) is 12.5 Å². The number of anilines is 1. The van der Waals surface area contributed by atoms with Gasteiger partial charge in [0, 0.05) is 0 Å². The number of amides is 1. The average Bonchev–Trinajstić information content (AvgIpc) is 3.21. The van der Waals surface area contributed by atoms with E-state index in [4.69, 9.17) is 4.74 Å². The summed E-state index contributed by atoms with van der Waals surface area (Å²) in [5.74, 6) is 0.812. The molecule has 2 aliphatic heterocycles. The summed E-state index contributed by atoms with van der Waals surface area (Å²) >= 11 is 0. The number of carbonyl (C=O) groups is 1. The van der Waals surface area contributed by atoms with Crippen molar-refractivity contribution in [3.05, 3.63) is 46.9 Å². The summed E-state index contributed by atoms with van der Waals surface area (Å²) in [6, 6.07) is 10.6. The first-order valence-electron chi connectivity index (χ1n) is 12.2. The molecule has 1 aromatic heterocycles. The zero-order valence-electron chi connectivity index (χ0n) is 19.8. The Morgan fingerprint density at radius 1 is 1.18 bits per heavy atom. The molecule has 1 saturated heterocycles. The van der Waals surface area contributed by atoms with E-state index in [0.717, 1.165) is 44.7 Å². The molecule has 4 atom stereocenters. The normalized spacial score (nSPS) is 24.0. The topological polar surface area (TPSA) is 73.8 Å². The Morgan fingerprint density at radius 2 is 1.94 bits per heavy atom. The zero-order valence-corrected chi connectivity index (χ0v) is 19.8. The first-order chi connectivity index (χ1) is 16.0. The maximum absolute atomic E-state index is 12.7. The van der Waals surface area contributed by atoms with E-state index in [9.17, 15) is 9.90 Å². The number of hydrogen-bond donors (Lipinski definition) is 3. The minimum absolute atomic E-state index is 0.162. The molecule has 1 amide bonds. The second-order valence-corrected chi connectivity index (χ2v) is 9.83. The maximum atomic E-state index is 12.7. The summed E-state index contributed by atoms with van der Waals surface area (Å²) < 4.78 is 5.82. The summed E-state index contributed by atoms with van der Waals surface area (Å²) in [5.41, 5.74) is 4.18. The van der Waals surface area contributed by atoms with Crippen LogP contribution in [0.15, 0.2) is 30.3 Å². The first kappa shape index (κ1) is 24.3. The van der Waals surface area contributed by atoms with E-state index in [1.54, 1.807) is 0 Å². The van der Waals surface area contributed by atoms with Gasteiger partial charge in [0.15, 0.2) is 0 Å². The van der Waals surface area contributed by atoms with Gasteiger partial charge in [0.05, 0.1) is 0 Å². The van der Waals surface area contributed by atoms with E-state index in [2.05, 4.69) is 41.5 Å². The van der Waals surface area contributed by atoms with Crippen molar-refractivity contribution < 1.29 is 14.6 Å². The van der Waals surface area contributed by atoms with E-state index in [1.807, 2.05) is 38.5 Å².